The Balaban J connectivity index is 1.98. The van der Waals surface area contributed by atoms with E-state index in [4.69, 9.17) is 5.73 Å². The highest BCUT2D eigenvalue weighted by Crippen LogP contribution is 2.28. The Labute approximate surface area is 95.8 Å². The summed E-state index contributed by atoms with van der Waals surface area (Å²) in [5.74, 6) is 0.896. The number of hydrogen-bond acceptors (Lipinski definition) is 0. The van der Waals surface area contributed by atoms with Crippen molar-refractivity contribution in [1.82, 2.24) is 5.73 Å². The SMILES string of the molecule is CCCCCCC([NH])CC1CCCCC1. The van der Waals surface area contributed by atoms with Crippen molar-refractivity contribution in [2.75, 3.05) is 0 Å². The van der Waals surface area contributed by atoms with E-state index in [-0.39, 0.29) is 6.04 Å². The smallest absolute Gasteiger partial charge is 0.0215 e. The molecule has 0 aromatic carbocycles. The van der Waals surface area contributed by atoms with Crippen molar-refractivity contribution in [2.24, 2.45) is 5.92 Å². The van der Waals surface area contributed by atoms with Crippen molar-refractivity contribution in [3.8, 4) is 0 Å². The normalized spacial score (nSPS) is 20.4. The minimum absolute atomic E-state index is 0.241. The molecule has 1 aliphatic carbocycles. The molecule has 0 saturated heterocycles. The first-order valence-corrected chi connectivity index (χ1v) is 7.04. The van der Waals surface area contributed by atoms with Crippen molar-refractivity contribution in [1.29, 1.82) is 0 Å². The molecule has 0 amide bonds. The average molecular weight is 210 g/mol. The van der Waals surface area contributed by atoms with Gasteiger partial charge in [0.2, 0.25) is 0 Å². The zero-order valence-electron chi connectivity index (χ0n) is 10.4. The quantitative estimate of drug-likeness (QED) is 0.549. The summed E-state index contributed by atoms with van der Waals surface area (Å²) in [6.45, 7) is 2.25. The van der Waals surface area contributed by atoms with Crippen molar-refractivity contribution in [3.05, 3.63) is 0 Å². The molecule has 0 heterocycles. The molecular formula is C14H28N. The Bertz CT molecular complexity index is 138. The molecule has 15 heavy (non-hydrogen) atoms. The first kappa shape index (κ1) is 13.0. The van der Waals surface area contributed by atoms with Crippen molar-refractivity contribution in [2.45, 2.75) is 83.6 Å². The second kappa shape index (κ2) is 8.15. The van der Waals surface area contributed by atoms with Crippen LogP contribution in [0, 0.1) is 5.92 Å². The third-order valence-electron chi connectivity index (χ3n) is 3.75. The Morgan fingerprint density at radius 2 is 1.80 bits per heavy atom. The van der Waals surface area contributed by atoms with Crippen LogP contribution >= 0.6 is 0 Å². The highest BCUT2D eigenvalue weighted by Gasteiger charge is 2.16. The Morgan fingerprint density at radius 3 is 2.47 bits per heavy atom. The Hall–Kier alpha value is -0.0400. The van der Waals surface area contributed by atoms with Crippen LogP contribution in [0.3, 0.4) is 0 Å². The largest absolute Gasteiger partial charge is 0.255 e. The van der Waals surface area contributed by atoms with Gasteiger partial charge in [-0.3, -0.25) is 5.73 Å². The standard InChI is InChI=1S/C14H28N/c1-2-3-4-8-11-14(15)12-13-9-6-5-7-10-13/h13-15H,2-12H2,1H3. The molecule has 0 aromatic rings. The molecule has 1 N–H and O–H groups in total. The predicted molar refractivity (Wildman–Crippen MR) is 66.8 cm³/mol. The molecule has 1 rings (SSSR count). The number of rotatable bonds is 7. The lowest BCUT2D eigenvalue weighted by atomic mass is 9.84. The van der Waals surface area contributed by atoms with Gasteiger partial charge in [0, 0.05) is 6.04 Å². The molecule has 1 heteroatoms. The van der Waals surface area contributed by atoms with Crippen LogP contribution in [0.1, 0.15) is 77.6 Å². The second-order valence-electron chi connectivity index (χ2n) is 5.29. The molecule has 1 nitrogen and oxygen atoms in total. The molecule has 0 aromatic heterocycles. The number of hydrogen-bond donors (Lipinski definition) is 0. The fourth-order valence-corrected chi connectivity index (χ4v) is 2.76. The lowest BCUT2D eigenvalue weighted by molar-refractivity contribution is 0.307. The fraction of sp³-hybridized carbons (Fsp3) is 1.00. The zero-order chi connectivity index (χ0) is 10.9. The molecule has 1 unspecified atom stereocenters. The lowest BCUT2D eigenvalue weighted by Gasteiger charge is -2.24. The zero-order valence-corrected chi connectivity index (χ0v) is 10.4. The molecule has 89 valence electrons. The van der Waals surface area contributed by atoms with Crippen LogP contribution in [0.2, 0.25) is 0 Å². The van der Waals surface area contributed by atoms with Crippen molar-refractivity contribution >= 4 is 0 Å². The molecule has 1 aliphatic rings. The summed E-state index contributed by atoms with van der Waals surface area (Å²) in [7, 11) is 0. The Kier molecular flexibility index (Phi) is 7.08. The second-order valence-corrected chi connectivity index (χ2v) is 5.29. The fourth-order valence-electron chi connectivity index (χ4n) is 2.76. The summed E-state index contributed by atoms with van der Waals surface area (Å²) in [6.07, 6.45) is 14.7. The van der Waals surface area contributed by atoms with E-state index in [2.05, 4.69) is 6.92 Å². The van der Waals surface area contributed by atoms with Crippen LogP contribution in [0.25, 0.3) is 0 Å². The molecule has 1 atom stereocenters. The van der Waals surface area contributed by atoms with E-state index < -0.39 is 0 Å². The third kappa shape index (κ3) is 6.19. The summed E-state index contributed by atoms with van der Waals surface area (Å²) in [5.41, 5.74) is 8.04. The van der Waals surface area contributed by atoms with Gasteiger partial charge in [-0.15, -0.1) is 0 Å². The first-order valence-electron chi connectivity index (χ1n) is 7.04. The van der Waals surface area contributed by atoms with Gasteiger partial charge in [0.1, 0.15) is 0 Å². The first-order chi connectivity index (χ1) is 7.33. The van der Waals surface area contributed by atoms with Gasteiger partial charge in [0.05, 0.1) is 0 Å². The average Bonchev–Trinajstić information content (AvgIpc) is 2.26. The minimum atomic E-state index is 0.241. The highest BCUT2D eigenvalue weighted by atomic mass is 14.6. The predicted octanol–water partition coefficient (Wildman–Crippen LogP) is 4.58. The maximum atomic E-state index is 8.04. The molecule has 0 spiro atoms. The lowest BCUT2D eigenvalue weighted by Crippen LogP contribution is -2.17. The third-order valence-corrected chi connectivity index (χ3v) is 3.75. The summed E-state index contributed by atoms with van der Waals surface area (Å²) >= 11 is 0. The van der Waals surface area contributed by atoms with E-state index >= 15 is 0 Å². The monoisotopic (exact) mass is 210 g/mol. The van der Waals surface area contributed by atoms with E-state index in [9.17, 15) is 0 Å². The van der Waals surface area contributed by atoms with Crippen LogP contribution in [-0.4, -0.2) is 6.04 Å². The van der Waals surface area contributed by atoms with E-state index in [1.807, 2.05) is 0 Å². The van der Waals surface area contributed by atoms with E-state index in [0.717, 1.165) is 12.3 Å². The van der Waals surface area contributed by atoms with E-state index in [1.54, 1.807) is 0 Å². The van der Waals surface area contributed by atoms with Gasteiger partial charge in [-0.25, -0.2) is 0 Å². The topological polar surface area (TPSA) is 23.8 Å². The molecular weight excluding hydrogens is 182 g/mol. The summed E-state index contributed by atoms with van der Waals surface area (Å²) in [4.78, 5) is 0. The van der Waals surface area contributed by atoms with E-state index in [0.29, 0.717) is 0 Å². The van der Waals surface area contributed by atoms with Crippen molar-refractivity contribution < 1.29 is 0 Å². The van der Waals surface area contributed by atoms with Crippen LogP contribution in [0.5, 0.6) is 0 Å². The molecule has 0 aliphatic heterocycles. The Morgan fingerprint density at radius 1 is 1.07 bits per heavy atom. The number of unbranched alkanes of at least 4 members (excludes halogenated alkanes) is 3. The van der Waals surface area contributed by atoms with Crippen LogP contribution in [-0.2, 0) is 0 Å². The van der Waals surface area contributed by atoms with Gasteiger partial charge >= 0.3 is 0 Å². The minimum Gasteiger partial charge on any atom is -0.255 e. The van der Waals surface area contributed by atoms with Crippen molar-refractivity contribution in [3.63, 3.8) is 0 Å². The maximum Gasteiger partial charge on any atom is 0.0215 e. The molecule has 1 radical (unpaired) electrons. The van der Waals surface area contributed by atoms with Gasteiger partial charge in [0.15, 0.2) is 0 Å². The van der Waals surface area contributed by atoms with Gasteiger partial charge in [-0.2, -0.15) is 0 Å². The molecule has 1 fully saturated rings. The van der Waals surface area contributed by atoms with Crippen LogP contribution in [0.15, 0.2) is 0 Å². The number of nitrogens with one attached hydrogen (secondary N) is 1. The molecule has 1 saturated carbocycles. The summed E-state index contributed by atoms with van der Waals surface area (Å²) < 4.78 is 0. The maximum absolute atomic E-state index is 8.04. The molecule has 0 bridgehead atoms. The van der Waals surface area contributed by atoms with E-state index in [1.165, 1.54) is 64.2 Å². The highest BCUT2D eigenvalue weighted by molar-refractivity contribution is 4.71. The summed E-state index contributed by atoms with van der Waals surface area (Å²) in [6, 6.07) is 0.241. The van der Waals surface area contributed by atoms with Crippen LogP contribution < -0.4 is 5.73 Å². The van der Waals surface area contributed by atoms with Crippen LogP contribution in [0.4, 0.5) is 0 Å². The van der Waals surface area contributed by atoms with Gasteiger partial charge in [-0.1, -0.05) is 64.7 Å². The van der Waals surface area contributed by atoms with Gasteiger partial charge in [-0.05, 0) is 18.8 Å². The summed E-state index contributed by atoms with van der Waals surface area (Å²) in [5, 5.41) is 0. The van der Waals surface area contributed by atoms with Gasteiger partial charge in [0.25, 0.3) is 0 Å². The van der Waals surface area contributed by atoms with Gasteiger partial charge < -0.3 is 0 Å².